The van der Waals surface area contributed by atoms with Gasteiger partial charge in [-0.25, -0.2) is 0 Å². The Kier molecular flexibility index (Phi) is 9.07. The largest absolute Gasteiger partial charge is 0.657 e. The molecule has 0 aliphatic carbocycles. The minimum Gasteiger partial charge on any atom is -0.657 e. The summed E-state index contributed by atoms with van der Waals surface area (Å²) in [5, 5.41) is 21.7. The SMILES string of the molecule is C=Cc1c2[n-]c(c1C)/C=c1\[n-]/c(c(C)c1C=C)=C\c1[n-]c(c(CCC(=O)O)c1C)/C=c1\[n-]/c(c(C)c1CCC(=O)O)=C\2.[Ni]. The predicted octanol–water partition coefficient (Wildman–Crippen LogP) is 1.70. The maximum Gasteiger partial charge on any atom is 0.303 e. The van der Waals surface area contributed by atoms with Gasteiger partial charge in [-0.05, 0) is 51.7 Å². The maximum atomic E-state index is 11.5. The maximum absolute atomic E-state index is 11.5. The smallest absolute Gasteiger partial charge is 0.303 e. The molecular formula is C34H32N4NiO4-4. The number of carboxylic acid groups (broad SMARTS) is 2. The van der Waals surface area contributed by atoms with E-state index in [9.17, 15) is 19.8 Å². The molecule has 0 aromatic carbocycles. The van der Waals surface area contributed by atoms with Gasteiger partial charge >= 0.3 is 11.9 Å². The van der Waals surface area contributed by atoms with Crippen molar-refractivity contribution in [3.8, 4) is 0 Å². The molecule has 1 aliphatic rings. The van der Waals surface area contributed by atoms with Crippen LogP contribution >= 0.6 is 0 Å². The second-order valence-electron chi connectivity index (χ2n) is 10.6. The fourth-order valence-corrected chi connectivity index (χ4v) is 5.61. The van der Waals surface area contributed by atoms with Gasteiger partial charge in [0, 0.05) is 29.3 Å². The Morgan fingerprint density at radius 2 is 1.09 bits per heavy atom. The summed E-state index contributed by atoms with van der Waals surface area (Å²) in [7, 11) is 0. The van der Waals surface area contributed by atoms with E-state index in [1.807, 2.05) is 52.0 Å². The van der Waals surface area contributed by atoms with Crippen LogP contribution in [-0.2, 0) is 38.9 Å². The quantitative estimate of drug-likeness (QED) is 0.251. The standard InChI is InChI=1S/C34H32N4O4.Ni/c1-7-21-17(3)25-13-26-19(5)23(9-11-33(39)40)31(37-26)16-32-24(10-12-34(41)42)20(6)28(38-32)15-30-22(8-2)18(4)27(36-30)14-29(21)35-25;/h7-8,13-16H,1-2,9-12H2,3-6H3,(H,39,40)(H,41,42);/q-4;/b25-13-,26-13?,27-14?,28-15-,29-14-,30-15?,31-16?,32-16-;. The second-order valence-corrected chi connectivity index (χ2v) is 10.6. The zero-order valence-electron chi connectivity index (χ0n) is 24.5. The Bertz CT molecular complexity index is 2030. The summed E-state index contributed by atoms with van der Waals surface area (Å²) < 4.78 is 0. The minimum atomic E-state index is -0.898. The molecule has 0 saturated heterocycles. The molecule has 2 N–H and O–H groups in total. The number of carbonyl (C=O) groups is 2. The molecular weight excluding hydrogens is 587 g/mol. The van der Waals surface area contributed by atoms with Crippen molar-refractivity contribution in [1.82, 2.24) is 19.9 Å². The van der Waals surface area contributed by atoms with Crippen LogP contribution in [0.4, 0.5) is 0 Å². The van der Waals surface area contributed by atoms with Crippen molar-refractivity contribution >= 4 is 48.4 Å². The van der Waals surface area contributed by atoms with E-state index in [0.29, 0.717) is 40.6 Å². The summed E-state index contributed by atoms with van der Waals surface area (Å²) in [5.41, 5.74) is 9.84. The molecule has 226 valence electrons. The van der Waals surface area contributed by atoms with Crippen molar-refractivity contribution in [2.75, 3.05) is 0 Å². The van der Waals surface area contributed by atoms with Gasteiger partial charge in [0.2, 0.25) is 0 Å². The number of aliphatic carboxylic acids is 2. The molecule has 0 amide bonds. The Morgan fingerprint density at radius 3 is 1.72 bits per heavy atom. The molecule has 0 radical (unpaired) electrons. The van der Waals surface area contributed by atoms with E-state index in [-0.39, 0.29) is 29.3 Å². The number of fused-ring (bicyclic) bond motifs is 8. The summed E-state index contributed by atoms with van der Waals surface area (Å²) in [6.45, 7) is 15.9. The first-order valence-corrected chi connectivity index (χ1v) is 13.8. The zero-order chi connectivity index (χ0) is 30.3. The average molecular weight is 619 g/mol. The van der Waals surface area contributed by atoms with E-state index in [4.69, 9.17) is 19.9 Å². The van der Waals surface area contributed by atoms with Crippen molar-refractivity contribution in [1.29, 1.82) is 0 Å². The minimum absolute atomic E-state index is 0. The van der Waals surface area contributed by atoms with Gasteiger partial charge in [-0.3, -0.25) is 9.59 Å². The molecule has 0 saturated carbocycles. The summed E-state index contributed by atoms with van der Waals surface area (Å²) in [5.74, 6) is -1.80. The van der Waals surface area contributed by atoms with Gasteiger partial charge in [0.25, 0.3) is 0 Å². The number of aromatic nitrogens is 4. The van der Waals surface area contributed by atoms with Crippen molar-refractivity contribution in [3.05, 3.63) is 102 Å². The van der Waals surface area contributed by atoms with Crippen LogP contribution in [0.1, 0.15) is 80.1 Å². The molecule has 43 heavy (non-hydrogen) atoms. The molecule has 0 unspecified atom stereocenters. The molecule has 4 aromatic rings. The first kappa shape index (κ1) is 31.4. The van der Waals surface area contributed by atoms with Crippen LogP contribution in [0.3, 0.4) is 0 Å². The molecule has 1 aliphatic heterocycles. The van der Waals surface area contributed by atoms with Gasteiger partial charge in [-0.1, -0.05) is 83.0 Å². The van der Waals surface area contributed by atoms with E-state index < -0.39 is 11.9 Å². The zero-order valence-corrected chi connectivity index (χ0v) is 25.5. The fraction of sp³-hybridized carbons (Fsp3) is 0.235. The third-order valence-corrected chi connectivity index (χ3v) is 8.06. The van der Waals surface area contributed by atoms with Crippen molar-refractivity contribution in [2.24, 2.45) is 0 Å². The van der Waals surface area contributed by atoms with Crippen LogP contribution in [0.2, 0.25) is 0 Å². The summed E-state index contributed by atoms with van der Waals surface area (Å²) in [4.78, 5) is 42.7. The monoisotopic (exact) mass is 618 g/mol. The Labute approximate surface area is 259 Å². The molecule has 0 spiro atoms. The second kappa shape index (κ2) is 12.4. The van der Waals surface area contributed by atoms with Crippen molar-refractivity contribution in [2.45, 2.75) is 53.4 Å². The summed E-state index contributed by atoms with van der Waals surface area (Å²) >= 11 is 0. The molecule has 5 rings (SSSR count). The predicted molar refractivity (Wildman–Crippen MR) is 163 cm³/mol. The third kappa shape index (κ3) is 5.90. The van der Waals surface area contributed by atoms with Crippen LogP contribution in [0, 0.1) is 27.7 Å². The molecule has 8 nitrogen and oxygen atoms in total. The Hall–Kier alpha value is -4.49. The molecule has 8 bridgehead atoms. The van der Waals surface area contributed by atoms with E-state index in [1.165, 1.54) is 0 Å². The number of rotatable bonds is 8. The van der Waals surface area contributed by atoms with E-state index in [1.54, 1.807) is 12.2 Å². The number of nitrogens with zero attached hydrogens (tertiary/aromatic N) is 4. The number of hydrogen-bond donors (Lipinski definition) is 2. The fourth-order valence-electron chi connectivity index (χ4n) is 5.61. The number of carboxylic acids is 2. The Morgan fingerprint density at radius 1 is 0.605 bits per heavy atom. The normalized spacial score (nSPS) is 15.0. The Balaban J connectivity index is 0.00000423. The van der Waals surface area contributed by atoms with Crippen LogP contribution in [0.25, 0.3) is 36.5 Å². The van der Waals surface area contributed by atoms with Gasteiger partial charge in [-0.15, -0.1) is 44.2 Å². The van der Waals surface area contributed by atoms with Crippen LogP contribution in [0.15, 0.2) is 13.2 Å². The summed E-state index contributed by atoms with van der Waals surface area (Å²) in [6.07, 6.45) is 11.7. The van der Waals surface area contributed by atoms with E-state index >= 15 is 0 Å². The van der Waals surface area contributed by atoms with E-state index in [0.717, 1.165) is 60.9 Å². The van der Waals surface area contributed by atoms with Crippen molar-refractivity contribution in [3.63, 3.8) is 0 Å². The first-order chi connectivity index (χ1) is 20.0. The third-order valence-electron chi connectivity index (χ3n) is 8.06. The van der Waals surface area contributed by atoms with Crippen LogP contribution in [-0.4, -0.2) is 22.2 Å². The van der Waals surface area contributed by atoms with Crippen molar-refractivity contribution < 1.29 is 36.3 Å². The topological polar surface area (TPSA) is 131 Å². The van der Waals surface area contributed by atoms with Gasteiger partial charge < -0.3 is 30.1 Å². The average Bonchev–Trinajstić information content (AvgIpc) is 3.59. The van der Waals surface area contributed by atoms with Gasteiger partial charge in [-0.2, -0.15) is 0 Å². The van der Waals surface area contributed by atoms with E-state index in [2.05, 4.69) is 13.2 Å². The molecule has 0 atom stereocenters. The molecule has 9 heteroatoms. The molecule has 4 aromatic heterocycles. The first-order valence-electron chi connectivity index (χ1n) is 13.8. The van der Waals surface area contributed by atoms with Gasteiger partial charge in [0.05, 0.1) is 0 Å². The summed E-state index contributed by atoms with van der Waals surface area (Å²) in [6, 6.07) is 0. The number of hydrogen-bond acceptors (Lipinski definition) is 2. The van der Waals surface area contributed by atoms with Crippen LogP contribution < -0.4 is 41.3 Å². The van der Waals surface area contributed by atoms with Gasteiger partial charge in [0.15, 0.2) is 0 Å². The van der Waals surface area contributed by atoms with Gasteiger partial charge in [0.1, 0.15) is 0 Å². The molecule has 0 fully saturated rings. The molecule has 5 heterocycles. The van der Waals surface area contributed by atoms with Crippen LogP contribution in [0.5, 0.6) is 0 Å².